The van der Waals surface area contributed by atoms with Crippen molar-refractivity contribution in [3.63, 3.8) is 0 Å². The van der Waals surface area contributed by atoms with Gasteiger partial charge in [0, 0.05) is 23.9 Å². The Balaban J connectivity index is 2.03. The summed E-state index contributed by atoms with van der Waals surface area (Å²) in [5.74, 6) is -0.139. The number of methoxy groups -OCH3 is 2. The summed E-state index contributed by atoms with van der Waals surface area (Å²) in [6, 6.07) is 16.1. The van der Waals surface area contributed by atoms with Crippen molar-refractivity contribution in [3.05, 3.63) is 82.4 Å². The zero-order valence-electron chi connectivity index (χ0n) is 18.7. The predicted octanol–water partition coefficient (Wildman–Crippen LogP) is 3.75. The molecule has 10 nitrogen and oxygen atoms in total. The summed E-state index contributed by atoms with van der Waals surface area (Å²) in [4.78, 5) is 23.3. The first kappa shape index (κ1) is 24.5. The van der Waals surface area contributed by atoms with E-state index < -0.39 is 27.4 Å². The molecule has 0 aliphatic rings. The van der Waals surface area contributed by atoms with Gasteiger partial charge in [-0.15, -0.1) is 0 Å². The Morgan fingerprint density at radius 3 is 2.35 bits per heavy atom. The van der Waals surface area contributed by atoms with Gasteiger partial charge in [-0.2, -0.15) is 0 Å². The number of aryl methyl sites for hydroxylation is 1. The van der Waals surface area contributed by atoms with Gasteiger partial charge in [0.25, 0.3) is 15.7 Å². The number of nitrogens with zero attached hydrogens (tertiary/aromatic N) is 2. The fourth-order valence-electron chi connectivity index (χ4n) is 3.16. The van der Waals surface area contributed by atoms with Gasteiger partial charge >= 0.3 is 0 Å². The number of hydrogen-bond acceptors (Lipinski definition) is 7. The molecule has 3 rings (SSSR count). The lowest BCUT2D eigenvalue weighted by Crippen LogP contribution is -2.38. The Morgan fingerprint density at radius 2 is 1.74 bits per heavy atom. The summed E-state index contributed by atoms with van der Waals surface area (Å²) in [5, 5.41) is 13.5. The zero-order chi connectivity index (χ0) is 24.9. The highest BCUT2D eigenvalue weighted by atomic mass is 32.2. The van der Waals surface area contributed by atoms with Gasteiger partial charge in [0.05, 0.1) is 29.7 Å². The number of hydrogen-bond donors (Lipinski definition) is 1. The number of nitro benzene ring substituents is 1. The van der Waals surface area contributed by atoms with E-state index in [1.165, 1.54) is 62.8 Å². The monoisotopic (exact) mass is 485 g/mol. The third-order valence-electron chi connectivity index (χ3n) is 4.89. The smallest absolute Gasteiger partial charge is 0.271 e. The van der Waals surface area contributed by atoms with Gasteiger partial charge in [0.15, 0.2) is 0 Å². The fraction of sp³-hybridized carbons (Fsp3) is 0.174. The maximum atomic E-state index is 13.6. The van der Waals surface area contributed by atoms with Crippen LogP contribution in [-0.2, 0) is 14.8 Å². The Kier molecular flexibility index (Phi) is 7.37. The van der Waals surface area contributed by atoms with Crippen molar-refractivity contribution in [1.82, 2.24) is 0 Å². The molecule has 0 bridgehead atoms. The van der Waals surface area contributed by atoms with E-state index in [1.54, 1.807) is 18.2 Å². The minimum atomic E-state index is -4.21. The number of nitro groups is 1. The molecule has 3 aromatic carbocycles. The van der Waals surface area contributed by atoms with Crippen molar-refractivity contribution in [1.29, 1.82) is 0 Å². The lowest BCUT2D eigenvalue weighted by atomic mass is 10.2. The highest BCUT2D eigenvalue weighted by molar-refractivity contribution is 7.92. The van der Waals surface area contributed by atoms with E-state index in [2.05, 4.69) is 5.32 Å². The third kappa shape index (κ3) is 5.44. The van der Waals surface area contributed by atoms with Crippen LogP contribution in [0.25, 0.3) is 0 Å². The Labute approximate surface area is 196 Å². The maximum Gasteiger partial charge on any atom is 0.271 e. The number of carbonyl (C=O) groups excluding carboxylic acids is 1. The number of ether oxygens (including phenoxy) is 2. The Bertz CT molecular complexity index is 1310. The predicted molar refractivity (Wildman–Crippen MR) is 127 cm³/mol. The normalized spacial score (nSPS) is 10.9. The molecule has 0 saturated carbocycles. The molecule has 1 amide bonds. The number of benzene rings is 3. The number of sulfonamides is 1. The van der Waals surface area contributed by atoms with Crippen LogP contribution in [0.2, 0.25) is 0 Å². The average molecular weight is 486 g/mol. The number of nitrogens with one attached hydrogen (secondary N) is 1. The first-order valence-corrected chi connectivity index (χ1v) is 11.5. The lowest BCUT2D eigenvalue weighted by Gasteiger charge is -2.26. The Hall–Kier alpha value is -4.12. The molecule has 0 atom stereocenters. The van der Waals surface area contributed by atoms with Gasteiger partial charge in [0.1, 0.15) is 18.0 Å². The standard InChI is InChI=1S/C23H23N3O7S/c1-16-7-10-20(11-8-16)34(30,31)25(21-14-19(32-2)9-12-22(21)33-3)15-23(27)24-17-5-4-6-18(13-17)26(28)29/h4-14H,15H2,1-3H3,(H,24,27). The summed E-state index contributed by atoms with van der Waals surface area (Å²) in [5.41, 5.74) is 0.908. The number of non-ortho nitro benzene ring substituents is 1. The highest BCUT2D eigenvalue weighted by Crippen LogP contribution is 2.35. The Morgan fingerprint density at radius 1 is 1.03 bits per heavy atom. The van der Waals surface area contributed by atoms with Crippen LogP contribution in [0, 0.1) is 17.0 Å². The van der Waals surface area contributed by atoms with E-state index in [9.17, 15) is 23.3 Å². The van der Waals surface area contributed by atoms with Crippen LogP contribution in [0.4, 0.5) is 17.1 Å². The molecule has 0 aliphatic heterocycles. The summed E-state index contributed by atoms with van der Waals surface area (Å²) in [6.45, 7) is 1.20. The van der Waals surface area contributed by atoms with E-state index in [0.29, 0.717) is 5.75 Å². The van der Waals surface area contributed by atoms with Crippen LogP contribution in [0.5, 0.6) is 11.5 Å². The van der Waals surface area contributed by atoms with E-state index in [0.717, 1.165) is 9.87 Å². The second kappa shape index (κ2) is 10.2. The topological polar surface area (TPSA) is 128 Å². The first-order valence-electron chi connectivity index (χ1n) is 10.0. The molecular weight excluding hydrogens is 462 g/mol. The molecule has 0 spiro atoms. The third-order valence-corrected chi connectivity index (χ3v) is 6.67. The SMILES string of the molecule is COc1ccc(OC)c(N(CC(=O)Nc2cccc([N+](=O)[O-])c2)S(=O)(=O)c2ccc(C)cc2)c1. The van der Waals surface area contributed by atoms with Gasteiger partial charge < -0.3 is 14.8 Å². The van der Waals surface area contributed by atoms with Crippen LogP contribution in [0.1, 0.15) is 5.56 Å². The molecule has 0 aliphatic carbocycles. The molecule has 0 fully saturated rings. The molecule has 0 aromatic heterocycles. The van der Waals surface area contributed by atoms with Crippen LogP contribution in [0.3, 0.4) is 0 Å². The van der Waals surface area contributed by atoms with E-state index in [-0.39, 0.29) is 27.7 Å². The van der Waals surface area contributed by atoms with E-state index in [4.69, 9.17) is 9.47 Å². The van der Waals surface area contributed by atoms with Gasteiger partial charge in [0.2, 0.25) is 5.91 Å². The number of carbonyl (C=O) groups is 1. The second-order valence-electron chi connectivity index (χ2n) is 7.22. The van der Waals surface area contributed by atoms with Crippen molar-refractivity contribution in [2.24, 2.45) is 0 Å². The molecular formula is C23H23N3O7S. The van der Waals surface area contributed by atoms with Crippen molar-refractivity contribution in [2.75, 3.05) is 30.4 Å². The summed E-state index contributed by atoms with van der Waals surface area (Å²) < 4.78 is 38.7. The van der Waals surface area contributed by atoms with E-state index in [1.807, 2.05) is 6.92 Å². The fourth-order valence-corrected chi connectivity index (χ4v) is 4.58. The maximum absolute atomic E-state index is 13.6. The van der Waals surface area contributed by atoms with Gasteiger partial charge in [-0.1, -0.05) is 23.8 Å². The van der Waals surface area contributed by atoms with Crippen molar-refractivity contribution in [3.8, 4) is 11.5 Å². The zero-order valence-corrected chi connectivity index (χ0v) is 19.5. The lowest BCUT2D eigenvalue weighted by molar-refractivity contribution is -0.384. The van der Waals surface area contributed by atoms with Gasteiger partial charge in [-0.05, 0) is 37.3 Å². The van der Waals surface area contributed by atoms with Crippen LogP contribution in [-0.4, -0.2) is 40.0 Å². The van der Waals surface area contributed by atoms with Crippen molar-refractivity contribution in [2.45, 2.75) is 11.8 Å². The first-order chi connectivity index (χ1) is 16.1. The molecule has 0 radical (unpaired) electrons. The minimum Gasteiger partial charge on any atom is -0.497 e. The minimum absolute atomic E-state index is 0.0221. The summed E-state index contributed by atoms with van der Waals surface area (Å²) in [6.07, 6.45) is 0. The second-order valence-corrected chi connectivity index (χ2v) is 9.08. The summed E-state index contributed by atoms with van der Waals surface area (Å²) in [7, 11) is -1.40. The molecule has 0 heterocycles. The molecule has 0 saturated heterocycles. The number of anilines is 2. The number of rotatable bonds is 9. The quantitative estimate of drug-likeness (QED) is 0.361. The van der Waals surface area contributed by atoms with Gasteiger partial charge in [-0.3, -0.25) is 19.2 Å². The van der Waals surface area contributed by atoms with Crippen LogP contribution in [0.15, 0.2) is 71.6 Å². The van der Waals surface area contributed by atoms with Crippen molar-refractivity contribution >= 4 is 33.0 Å². The van der Waals surface area contributed by atoms with Crippen molar-refractivity contribution < 1.29 is 27.6 Å². The van der Waals surface area contributed by atoms with Gasteiger partial charge in [-0.25, -0.2) is 8.42 Å². The highest BCUT2D eigenvalue weighted by Gasteiger charge is 2.30. The molecule has 1 N–H and O–H groups in total. The molecule has 11 heteroatoms. The molecule has 34 heavy (non-hydrogen) atoms. The molecule has 3 aromatic rings. The molecule has 0 unspecified atom stereocenters. The number of amides is 1. The largest absolute Gasteiger partial charge is 0.497 e. The summed E-state index contributed by atoms with van der Waals surface area (Å²) >= 11 is 0. The average Bonchev–Trinajstić information content (AvgIpc) is 2.82. The molecule has 178 valence electrons. The van der Waals surface area contributed by atoms with Crippen LogP contribution < -0.4 is 19.1 Å². The van der Waals surface area contributed by atoms with Crippen LogP contribution >= 0.6 is 0 Å². The van der Waals surface area contributed by atoms with E-state index >= 15 is 0 Å².